The lowest BCUT2D eigenvalue weighted by Crippen LogP contribution is -2.25. The highest BCUT2D eigenvalue weighted by atomic mass is 16.5. The molecule has 0 radical (unpaired) electrons. The second kappa shape index (κ2) is 5.87. The van der Waals surface area contributed by atoms with Crippen molar-refractivity contribution < 1.29 is 9.53 Å². The Morgan fingerprint density at radius 2 is 2.10 bits per heavy atom. The fourth-order valence-electron chi connectivity index (χ4n) is 1.70. The number of methoxy groups -OCH3 is 1. The van der Waals surface area contributed by atoms with Gasteiger partial charge in [-0.15, -0.1) is 0 Å². The molecular weight excluding hydrogens is 260 g/mol. The molecule has 1 unspecified atom stereocenters. The van der Waals surface area contributed by atoms with Crippen molar-refractivity contribution in [2.24, 2.45) is 0 Å². The average Bonchev–Trinajstić information content (AvgIpc) is 2.49. The number of nitrogens with one attached hydrogen (secondary N) is 2. The normalized spacial score (nSPS) is 11.7. The molecule has 7 nitrogen and oxygen atoms in total. The number of esters is 1. The van der Waals surface area contributed by atoms with Crippen LogP contribution in [0.3, 0.4) is 0 Å². The van der Waals surface area contributed by atoms with Crippen LogP contribution in [0.15, 0.2) is 41.5 Å². The van der Waals surface area contributed by atoms with Crippen LogP contribution >= 0.6 is 0 Å². The third kappa shape index (κ3) is 2.77. The summed E-state index contributed by atoms with van der Waals surface area (Å²) in [5, 5.41) is 2.82. The Labute approximate surface area is 114 Å². The number of nitrogens with two attached hydrogens (primary N) is 1. The molecule has 20 heavy (non-hydrogen) atoms. The van der Waals surface area contributed by atoms with Crippen molar-refractivity contribution in [3.8, 4) is 0 Å². The zero-order chi connectivity index (χ0) is 14.5. The third-order valence-electron chi connectivity index (χ3n) is 2.74. The number of hydrogen-bond acceptors (Lipinski definition) is 6. The summed E-state index contributed by atoms with van der Waals surface area (Å²) in [7, 11) is 1.29. The largest absolute Gasteiger partial charge is 0.467 e. The van der Waals surface area contributed by atoms with Gasteiger partial charge in [0, 0.05) is 0 Å². The number of rotatable bonds is 4. The van der Waals surface area contributed by atoms with E-state index in [1.54, 1.807) is 24.3 Å². The Bertz CT molecular complexity index is 654. The molecule has 0 spiro atoms. The second-order valence-electron chi connectivity index (χ2n) is 4.01. The molecule has 1 aromatic heterocycles. The van der Waals surface area contributed by atoms with Gasteiger partial charge in [0.1, 0.15) is 5.69 Å². The van der Waals surface area contributed by atoms with Crippen molar-refractivity contribution in [1.29, 1.82) is 0 Å². The molecule has 2 aromatic rings. The van der Waals surface area contributed by atoms with Crippen LogP contribution in [-0.2, 0) is 9.53 Å². The van der Waals surface area contributed by atoms with Crippen LogP contribution < -0.4 is 16.6 Å². The van der Waals surface area contributed by atoms with E-state index in [0.29, 0.717) is 5.56 Å². The number of nitrogen functional groups attached to an aromatic ring is 1. The van der Waals surface area contributed by atoms with E-state index in [-0.39, 0.29) is 11.5 Å². The Morgan fingerprint density at radius 3 is 2.75 bits per heavy atom. The molecule has 7 heteroatoms. The zero-order valence-corrected chi connectivity index (χ0v) is 10.8. The molecule has 0 aliphatic heterocycles. The molecule has 2 rings (SSSR count). The predicted molar refractivity (Wildman–Crippen MR) is 74.1 cm³/mol. The van der Waals surface area contributed by atoms with Crippen molar-refractivity contribution in [3.63, 3.8) is 0 Å². The van der Waals surface area contributed by atoms with E-state index in [1.165, 1.54) is 13.4 Å². The van der Waals surface area contributed by atoms with Crippen LogP contribution in [0.4, 0.5) is 11.5 Å². The van der Waals surface area contributed by atoms with Gasteiger partial charge >= 0.3 is 5.97 Å². The molecule has 0 bridgehead atoms. The van der Waals surface area contributed by atoms with Crippen LogP contribution in [-0.4, -0.2) is 23.0 Å². The Hall–Kier alpha value is -2.83. The van der Waals surface area contributed by atoms with Crippen molar-refractivity contribution in [1.82, 2.24) is 9.97 Å². The van der Waals surface area contributed by atoms with E-state index < -0.39 is 17.6 Å². The highest BCUT2D eigenvalue weighted by Crippen LogP contribution is 2.21. The van der Waals surface area contributed by atoms with E-state index >= 15 is 0 Å². The first kappa shape index (κ1) is 13.6. The highest BCUT2D eigenvalue weighted by molar-refractivity contribution is 5.81. The summed E-state index contributed by atoms with van der Waals surface area (Å²) in [5.41, 5.74) is 5.75. The van der Waals surface area contributed by atoms with Gasteiger partial charge in [-0.05, 0) is 5.56 Å². The standard InChI is InChI=1S/C13H14N4O3/c1-20-13(19)10(8-5-3-2-4-6-8)17-11-9(14)12(18)16-7-15-11/h2-7,10H,14H2,1H3,(H2,15,16,17,18). The van der Waals surface area contributed by atoms with E-state index in [4.69, 9.17) is 10.5 Å². The van der Waals surface area contributed by atoms with Gasteiger partial charge in [0.15, 0.2) is 11.9 Å². The number of anilines is 2. The number of carbonyl (C=O) groups excluding carboxylic acids is 1. The summed E-state index contributed by atoms with van der Waals surface area (Å²) < 4.78 is 4.75. The van der Waals surface area contributed by atoms with Gasteiger partial charge in [0.2, 0.25) is 0 Å². The summed E-state index contributed by atoms with van der Waals surface area (Å²) in [6, 6.07) is 8.15. The lowest BCUT2D eigenvalue weighted by Gasteiger charge is -2.17. The zero-order valence-electron chi connectivity index (χ0n) is 10.8. The molecule has 1 aromatic carbocycles. The SMILES string of the molecule is COC(=O)C(Nc1nc[nH]c(=O)c1N)c1ccccc1. The van der Waals surface area contributed by atoms with Gasteiger partial charge in [-0.3, -0.25) is 4.79 Å². The summed E-state index contributed by atoms with van der Waals surface area (Å²) >= 11 is 0. The summed E-state index contributed by atoms with van der Waals surface area (Å²) in [5.74, 6) is -0.370. The van der Waals surface area contributed by atoms with Crippen LogP contribution in [0.1, 0.15) is 11.6 Å². The topological polar surface area (TPSA) is 110 Å². The summed E-state index contributed by atoms with van der Waals surface area (Å²) in [6.07, 6.45) is 1.21. The first-order valence-corrected chi connectivity index (χ1v) is 5.86. The molecule has 0 amide bonds. The maximum absolute atomic E-state index is 11.9. The first-order valence-electron chi connectivity index (χ1n) is 5.86. The van der Waals surface area contributed by atoms with Crippen LogP contribution in [0.25, 0.3) is 0 Å². The van der Waals surface area contributed by atoms with Gasteiger partial charge in [-0.1, -0.05) is 30.3 Å². The molecule has 1 heterocycles. The lowest BCUT2D eigenvalue weighted by atomic mass is 10.1. The molecular formula is C13H14N4O3. The highest BCUT2D eigenvalue weighted by Gasteiger charge is 2.22. The minimum absolute atomic E-state index is 0.0858. The Kier molecular flexibility index (Phi) is 3.99. The van der Waals surface area contributed by atoms with Gasteiger partial charge in [0.25, 0.3) is 5.56 Å². The second-order valence-corrected chi connectivity index (χ2v) is 4.01. The fraction of sp³-hybridized carbons (Fsp3) is 0.154. The van der Waals surface area contributed by atoms with Crippen LogP contribution in [0.5, 0.6) is 0 Å². The summed E-state index contributed by atoms with van der Waals surface area (Å²) in [4.78, 5) is 29.6. The van der Waals surface area contributed by atoms with E-state index in [2.05, 4.69) is 15.3 Å². The number of carbonyl (C=O) groups is 1. The first-order chi connectivity index (χ1) is 9.63. The van der Waals surface area contributed by atoms with Gasteiger partial charge in [-0.2, -0.15) is 0 Å². The van der Waals surface area contributed by atoms with Crippen molar-refractivity contribution in [2.45, 2.75) is 6.04 Å². The predicted octanol–water partition coefficient (Wildman–Crippen LogP) is 0.678. The number of aromatic nitrogens is 2. The quantitative estimate of drug-likeness (QED) is 0.707. The molecule has 1 atom stereocenters. The minimum Gasteiger partial charge on any atom is -0.467 e. The maximum atomic E-state index is 11.9. The molecule has 0 fully saturated rings. The van der Waals surface area contributed by atoms with Crippen LogP contribution in [0.2, 0.25) is 0 Å². The van der Waals surface area contributed by atoms with Crippen molar-refractivity contribution >= 4 is 17.5 Å². The van der Waals surface area contributed by atoms with Gasteiger partial charge in [-0.25, -0.2) is 9.78 Å². The molecule has 104 valence electrons. The Balaban J connectivity index is 2.36. The number of hydrogen-bond donors (Lipinski definition) is 3. The molecule has 0 saturated carbocycles. The number of H-pyrrole nitrogens is 1. The fourth-order valence-corrected chi connectivity index (χ4v) is 1.70. The van der Waals surface area contributed by atoms with E-state index in [1.807, 2.05) is 6.07 Å². The minimum atomic E-state index is -0.794. The number of ether oxygens (including phenoxy) is 1. The third-order valence-corrected chi connectivity index (χ3v) is 2.74. The lowest BCUT2D eigenvalue weighted by molar-refractivity contribution is -0.141. The van der Waals surface area contributed by atoms with Gasteiger partial charge < -0.3 is 20.8 Å². The molecule has 0 saturated heterocycles. The van der Waals surface area contributed by atoms with Gasteiger partial charge in [0.05, 0.1) is 13.4 Å². The average molecular weight is 274 g/mol. The van der Waals surface area contributed by atoms with E-state index in [9.17, 15) is 9.59 Å². The molecule has 0 aliphatic rings. The number of nitrogens with zero attached hydrogens (tertiary/aromatic N) is 1. The van der Waals surface area contributed by atoms with Crippen molar-refractivity contribution in [3.05, 3.63) is 52.6 Å². The summed E-state index contributed by atoms with van der Waals surface area (Å²) in [6.45, 7) is 0. The van der Waals surface area contributed by atoms with Crippen LogP contribution in [0, 0.1) is 0 Å². The molecule has 0 aliphatic carbocycles. The monoisotopic (exact) mass is 274 g/mol. The maximum Gasteiger partial charge on any atom is 0.333 e. The Morgan fingerprint density at radius 1 is 1.40 bits per heavy atom. The van der Waals surface area contributed by atoms with Crippen molar-refractivity contribution in [2.75, 3.05) is 18.2 Å². The molecule has 4 N–H and O–H groups in total. The number of aromatic amines is 1. The number of benzene rings is 1. The smallest absolute Gasteiger partial charge is 0.333 e. The van der Waals surface area contributed by atoms with E-state index in [0.717, 1.165) is 0 Å².